The van der Waals surface area contributed by atoms with Crippen molar-refractivity contribution < 1.29 is 17.5 Å². The average Bonchev–Trinajstić information content (AvgIpc) is 3.15. The van der Waals surface area contributed by atoms with Gasteiger partial charge in [0, 0.05) is 13.0 Å². The summed E-state index contributed by atoms with van der Waals surface area (Å²) in [6.07, 6.45) is 1.21. The van der Waals surface area contributed by atoms with Gasteiger partial charge < -0.3 is 9.05 Å². The molecule has 1 atom stereocenters. The highest BCUT2D eigenvalue weighted by Gasteiger charge is 2.31. The molecule has 0 bridgehead atoms. The van der Waals surface area contributed by atoms with E-state index in [1.807, 2.05) is 12.1 Å². The maximum atomic E-state index is 12.4. The molecule has 3 aromatic rings. The van der Waals surface area contributed by atoms with Crippen LogP contribution >= 0.6 is 0 Å². The van der Waals surface area contributed by atoms with Gasteiger partial charge in [-0.15, -0.1) is 0 Å². The van der Waals surface area contributed by atoms with Gasteiger partial charge in [0.1, 0.15) is 10.6 Å². The zero-order chi connectivity index (χ0) is 18.3. The second-order valence-corrected chi connectivity index (χ2v) is 8.01. The molecule has 0 saturated heterocycles. The van der Waals surface area contributed by atoms with Gasteiger partial charge in [0.25, 0.3) is 0 Å². The number of rotatable bonds is 6. The number of nitrogens with one attached hydrogen (secondary N) is 1. The van der Waals surface area contributed by atoms with E-state index >= 15 is 0 Å². The topological polar surface area (TPSA) is 111 Å². The van der Waals surface area contributed by atoms with E-state index in [1.165, 1.54) is 11.1 Å². The Morgan fingerprint density at radius 3 is 2.73 bits per heavy atom. The Labute approximate surface area is 150 Å². The van der Waals surface area contributed by atoms with Crippen LogP contribution in [0.1, 0.15) is 40.2 Å². The van der Waals surface area contributed by atoms with Crippen molar-refractivity contribution in [3.8, 4) is 0 Å². The van der Waals surface area contributed by atoms with Gasteiger partial charge in [0.05, 0.1) is 5.92 Å². The molecule has 1 unspecified atom stereocenters. The maximum absolute atomic E-state index is 12.4. The number of fused-ring (bicyclic) bond motifs is 1. The van der Waals surface area contributed by atoms with Gasteiger partial charge in [0.2, 0.25) is 15.9 Å². The molecule has 1 aromatic carbocycles. The standard InChI is InChI=1S/C17H18N4O4S/c1-10-16(11(2)24-20-10)26(22,23)18-8-7-15-19-17(21-25-15)14-9-12-5-3-4-6-13(12)14/h3-6,14,18H,7-9H2,1-2H3. The fourth-order valence-corrected chi connectivity index (χ4v) is 4.58. The van der Waals surface area contributed by atoms with E-state index in [-0.39, 0.29) is 23.1 Å². The van der Waals surface area contributed by atoms with E-state index in [0.29, 0.717) is 23.8 Å². The molecular weight excluding hydrogens is 356 g/mol. The van der Waals surface area contributed by atoms with Gasteiger partial charge in [-0.25, -0.2) is 13.1 Å². The van der Waals surface area contributed by atoms with Crippen LogP contribution in [0.4, 0.5) is 0 Å². The minimum Gasteiger partial charge on any atom is -0.360 e. The van der Waals surface area contributed by atoms with Crippen LogP contribution in [-0.4, -0.2) is 30.3 Å². The summed E-state index contributed by atoms with van der Waals surface area (Å²) >= 11 is 0. The first kappa shape index (κ1) is 16.9. The number of aromatic nitrogens is 3. The van der Waals surface area contributed by atoms with Crippen molar-refractivity contribution in [3.05, 3.63) is 58.6 Å². The van der Waals surface area contributed by atoms with Crippen LogP contribution in [0.3, 0.4) is 0 Å². The molecule has 0 radical (unpaired) electrons. The molecule has 0 saturated carbocycles. The van der Waals surface area contributed by atoms with Crippen molar-refractivity contribution in [1.82, 2.24) is 20.0 Å². The van der Waals surface area contributed by atoms with Crippen LogP contribution in [0.2, 0.25) is 0 Å². The highest BCUT2D eigenvalue weighted by Crippen LogP contribution is 2.38. The molecule has 1 aliphatic rings. The third-order valence-electron chi connectivity index (χ3n) is 4.52. The van der Waals surface area contributed by atoms with Gasteiger partial charge in [-0.3, -0.25) is 0 Å². The van der Waals surface area contributed by atoms with Crippen molar-refractivity contribution in [2.75, 3.05) is 6.54 Å². The first-order valence-corrected chi connectivity index (χ1v) is 9.77. The predicted octanol–water partition coefficient (Wildman–Crippen LogP) is 1.88. The number of sulfonamides is 1. The summed E-state index contributed by atoms with van der Waals surface area (Å²) in [5.41, 5.74) is 2.86. The Balaban J connectivity index is 1.39. The van der Waals surface area contributed by atoms with E-state index < -0.39 is 10.0 Å². The normalized spacial score (nSPS) is 16.3. The molecule has 1 aliphatic carbocycles. The number of benzene rings is 1. The summed E-state index contributed by atoms with van der Waals surface area (Å²) in [7, 11) is -3.69. The van der Waals surface area contributed by atoms with Gasteiger partial charge in [0.15, 0.2) is 11.6 Å². The highest BCUT2D eigenvalue weighted by atomic mass is 32.2. The van der Waals surface area contributed by atoms with Crippen LogP contribution in [0.5, 0.6) is 0 Å². The van der Waals surface area contributed by atoms with Crippen LogP contribution in [0.15, 0.2) is 38.2 Å². The van der Waals surface area contributed by atoms with Gasteiger partial charge in [-0.2, -0.15) is 4.98 Å². The number of hydrogen-bond donors (Lipinski definition) is 1. The Morgan fingerprint density at radius 2 is 2.00 bits per heavy atom. The quantitative estimate of drug-likeness (QED) is 0.701. The molecule has 0 aliphatic heterocycles. The minimum absolute atomic E-state index is 0.0785. The smallest absolute Gasteiger partial charge is 0.245 e. The number of hydrogen-bond acceptors (Lipinski definition) is 7. The molecule has 2 aromatic heterocycles. The molecule has 0 fully saturated rings. The number of nitrogens with zero attached hydrogens (tertiary/aromatic N) is 3. The first-order valence-electron chi connectivity index (χ1n) is 8.28. The molecular formula is C17H18N4O4S. The molecule has 8 nitrogen and oxygen atoms in total. The molecule has 9 heteroatoms. The summed E-state index contributed by atoms with van der Waals surface area (Å²) in [6.45, 7) is 3.30. The zero-order valence-corrected chi connectivity index (χ0v) is 15.2. The van der Waals surface area contributed by atoms with Crippen molar-refractivity contribution in [2.45, 2.75) is 37.5 Å². The second-order valence-electron chi connectivity index (χ2n) is 6.30. The Morgan fingerprint density at radius 1 is 1.19 bits per heavy atom. The summed E-state index contributed by atoms with van der Waals surface area (Å²) in [5.74, 6) is 1.47. The van der Waals surface area contributed by atoms with Crippen LogP contribution in [0, 0.1) is 13.8 Å². The van der Waals surface area contributed by atoms with E-state index in [4.69, 9.17) is 9.05 Å². The first-order chi connectivity index (χ1) is 12.5. The third-order valence-corrected chi connectivity index (χ3v) is 6.22. The number of aryl methyl sites for hydroxylation is 2. The summed E-state index contributed by atoms with van der Waals surface area (Å²) < 4.78 is 37.4. The van der Waals surface area contributed by atoms with Crippen molar-refractivity contribution in [3.63, 3.8) is 0 Å². The van der Waals surface area contributed by atoms with E-state index in [2.05, 4.69) is 32.2 Å². The fraction of sp³-hybridized carbons (Fsp3) is 0.353. The molecule has 26 heavy (non-hydrogen) atoms. The molecule has 4 rings (SSSR count). The van der Waals surface area contributed by atoms with Crippen LogP contribution in [0.25, 0.3) is 0 Å². The largest absolute Gasteiger partial charge is 0.360 e. The van der Waals surface area contributed by atoms with Crippen molar-refractivity contribution >= 4 is 10.0 Å². The fourth-order valence-electron chi connectivity index (χ4n) is 3.22. The lowest BCUT2D eigenvalue weighted by atomic mass is 9.77. The lowest BCUT2D eigenvalue weighted by molar-refractivity contribution is 0.370. The molecule has 1 N–H and O–H groups in total. The summed E-state index contributed by atoms with van der Waals surface area (Å²) in [4.78, 5) is 4.48. The molecule has 136 valence electrons. The van der Waals surface area contributed by atoms with Crippen molar-refractivity contribution in [1.29, 1.82) is 0 Å². The Hall–Kier alpha value is -2.52. The molecule has 0 spiro atoms. The summed E-state index contributed by atoms with van der Waals surface area (Å²) in [5, 5.41) is 7.71. The summed E-state index contributed by atoms with van der Waals surface area (Å²) in [6, 6.07) is 8.17. The zero-order valence-electron chi connectivity index (χ0n) is 14.4. The molecule has 2 heterocycles. The predicted molar refractivity (Wildman–Crippen MR) is 91.2 cm³/mol. The third kappa shape index (κ3) is 2.93. The maximum Gasteiger partial charge on any atom is 0.245 e. The molecule has 0 amide bonds. The highest BCUT2D eigenvalue weighted by molar-refractivity contribution is 7.89. The monoisotopic (exact) mass is 374 g/mol. The van der Waals surface area contributed by atoms with Gasteiger partial charge in [-0.05, 0) is 31.4 Å². The van der Waals surface area contributed by atoms with E-state index in [0.717, 1.165) is 6.42 Å². The van der Waals surface area contributed by atoms with E-state index in [1.54, 1.807) is 13.8 Å². The van der Waals surface area contributed by atoms with Crippen molar-refractivity contribution in [2.24, 2.45) is 0 Å². The van der Waals surface area contributed by atoms with Gasteiger partial charge >= 0.3 is 0 Å². The lowest BCUT2D eigenvalue weighted by Gasteiger charge is -2.27. The van der Waals surface area contributed by atoms with Gasteiger partial charge in [-0.1, -0.05) is 34.6 Å². The van der Waals surface area contributed by atoms with Crippen LogP contribution < -0.4 is 4.72 Å². The van der Waals surface area contributed by atoms with Crippen LogP contribution in [-0.2, 0) is 22.9 Å². The average molecular weight is 374 g/mol. The Bertz CT molecular complexity index is 1030. The SMILES string of the molecule is Cc1noc(C)c1S(=O)(=O)NCCc1nc(C2Cc3ccccc32)no1. The van der Waals surface area contributed by atoms with E-state index in [9.17, 15) is 8.42 Å². The second kappa shape index (κ2) is 6.33. The lowest BCUT2D eigenvalue weighted by Crippen LogP contribution is -2.27. The Kier molecular flexibility index (Phi) is 4.12. The minimum atomic E-state index is -3.69.